The first-order chi connectivity index (χ1) is 4.72. The van der Waals surface area contributed by atoms with Crippen LogP contribution < -0.4 is 0 Å². The van der Waals surface area contributed by atoms with E-state index in [-0.39, 0.29) is 0 Å². The van der Waals surface area contributed by atoms with Crippen LogP contribution in [0.5, 0.6) is 0 Å². The molecule has 1 atom stereocenters. The molecule has 1 rings (SSSR count). The molecule has 10 heavy (non-hydrogen) atoms. The van der Waals surface area contributed by atoms with Crippen LogP contribution in [0.2, 0.25) is 0 Å². The molecule has 0 saturated carbocycles. The van der Waals surface area contributed by atoms with E-state index in [0.717, 1.165) is 5.69 Å². The largest absolute Gasteiger partial charge is 0.301 e. The molecule has 0 amide bonds. The van der Waals surface area contributed by atoms with Crippen molar-refractivity contribution in [1.29, 1.82) is 0 Å². The maximum absolute atomic E-state index is 3.87. The zero-order valence-corrected chi connectivity index (χ0v) is 6.63. The van der Waals surface area contributed by atoms with E-state index in [9.17, 15) is 0 Å². The van der Waals surface area contributed by atoms with Crippen molar-refractivity contribution in [3.8, 4) is 0 Å². The van der Waals surface area contributed by atoms with Crippen LogP contribution in [0.25, 0.3) is 0 Å². The summed E-state index contributed by atoms with van der Waals surface area (Å²) in [7, 11) is 4.09. The van der Waals surface area contributed by atoms with E-state index in [1.54, 1.807) is 6.20 Å². The molecule has 3 nitrogen and oxygen atoms in total. The summed E-state index contributed by atoms with van der Waals surface area (Å²) >= 11 is 0. The summed E-state index contributed by atoms with van der Waals surface area (Å²) in [4.78, 5) is 2.13. The van der Waals surface area contributed by atoms with E-state index >= 15 is 0 Å². The molecule has 1 N–H and O–H groups in total. The highest BCUT2D eigenvalue weighted by atomic mass is 15.2. The van der Waals surface area contributed by atoms with Crippen LogP contribution in [0.3, 0.4) is 0 Å². The Morgan fingerprint density at radius 2 is 2.30 bits per heavy atom. The number of nitrogens with zero attached hydrogens (tertiary/aromatic N) is 2. The Labute approximate surface area is 61.0 Å². The maximum atomic E-state index is 3.87. The van der Waals surface area contributed by atoms with Crippen LogP contribution in [0.15, 0.2) is 12.3 Å². The molecular formula is C7H13N3. The minimum atomic E-state index is 0.419. The van der Waals surface area contributed by atoms with Gasteiger partial charge < -0.3 is 4.90 Å². The van der Waals surface area contributed by atoms with Gasteiger partial charge in [0.05, 0.1) is 5.69 Å². The van der Waals surface area contributed by atoms with Crippen molar-refractivity contribution < 1.29 is 0 Å². The minimum absolute atomic E-state index is 0.419. The highest BCUT2D eigenvalue weighted by molar-refractivity contribution is 5.02. The first-order valence-corrected chi connectivity index (χ1v) is 3.37. The number of hydrogen-bond donors (Lipinski definition) is 1. The standard InChI is InChI=1S/C7H13N3/c1-6(10(2)3)7-4-5-8-9-7/h4-6H,1-3H3,(H,8,9). The Morgan fingerprint density at radius 1 is 1.60 bits per heavy atom. The van der Waals surface area contributed by atoms with Crippen molar-refractivity contribution in [1.82, 2.24) is 15.1 Å². The number of hydrogen-bond acceptors (Lipinski definition) is 2. The molecule has 1 unspecified atom stereocenters. The fourth-order valence-corrected chi connectivity index (χ4v) is 0.777. The zero-order chi connectivity index (χ0) is 7.56. The van der Waals surface area contributed by atoms with E-state index < -0.39 is 0 Å². The lowest BCUT2D eigenvalue weighted by Gasteiger charge is -2.17. The van der Waals surface area contributed by atoms with E-state index in [0.29, 0.717) is 6.04 Å². The highest BCUT2D eigenvalue weighted by Crippen LogP contribution is 2.12. The van der Waals surface area contributed by atoms with Gasteiger partial charge in [-0.3, -0.25) is 5.10 Å². The Kier molecular flexibility index (Phi) is 2.06. The third-order valence-electron chi connectivity index (χ3n) is 1.75. The first-order valence-electron chi connectivity index (χ1n) is 3.37. The summed E-state index contributed by atoms with van der Waals surface area (Å²) in [5, 5.41) is 6.80. The van der Waals surface area contributed by atoms with E-state index in [1.165, 1.54) is 0 Å². The first kappa shape index (κ1) is 7.28. The normalized spacial score (nSPS) is 14.0. The van der Waals surface area contributed by atoms with E-state index in [2.05, 4.69) is 22.0 Å². The molecule has 0 aliphatic carbocycles. The zero-order valence-electron chi connectivity index (χ0n) is 6.63. The average Bonchev–Trinajstić information content (AvgIpc) is 2.36. The number of rotatable bonds is 2. The maximum Gasteiger partial charge on any atom is 0.0520 e. The molecule has 0 saturated heterocycles. The topological polar surface area (TPSA) is 31.9 Å². The lowest BCUT2D eigenvalue weighted by atomic mass is 10.2. The van der Waals surface area contributed by atoms with Gasteiger partial charge in [0.15, 0.2) is 0 Å². The molecule has 0 aliphatic heterocycles. The van der Waals surface area contributed by atoms with Crippen LogP contribution in [0, 0.1) is 0 Å². The molecule has 0 aliphatic rings. The lowest BCUT2D eigenvalue weighted by Crippen LogP contribution is -2.16. The smallest absolute Gasteiger partial charge is 0.0520 e. The molecule has 0 radical (unpaired) electrons. The molecule has 0 fully saturated rings. The van der Waals surface area contributed by atoms with Crippen molar-refractivity contribution in [2.45, 2.75) is 13.0 Å². The highest BCUT2D eigenvalue weighted by Gasteiger charge is 2.06. The van der Waals surface area contributed by atoms with Crippen LogP contribution in [-0.2, 0) is 0 Å². The molecule has 0 spiro atoms. The Bertz CT molecular complexity index is 179. The SMILES string of the molecule is CC(c1ccn[nH]1)N(C)C. The van der Waals surface area contributed by atoms with Crippen LogP contribution >= 0.6 is 0 Å². The van der Waals surface area contributed by atoms with Crippen LogP contribution in [0.4, 0.5) is 0 Å². The molecule has 1 heterocycles. The second-order valence-electron chi connectivity index (χ2n) is 2.65. The van der Waals surface area contributed by atoms with Crippen molar-refractivity contribution in [2.24, 2.45) is 0 Å². The number of H-pyrrole nitrogens is 1. The molecule has 56 valence electrons. The van der Waals surface area contributed by atoms with Crippen LogP contribution in [-0.4, -0.2) is 29.2 Å². The summed E-state index contributed by atoms with van der Waals surface area (Å²) in [6.45, 7) is 2.13. The third-order valence-corrected chi connectivity index (χ3v) is 1.75. The summed E-state index contributed by atoms with van der Waals surface area (Å²) in [6, 6.07) is 2.41. The van der Waals surface area contributed by atoms with E-state index in [4.69, 9.17) is 0 Å². The van der Waals surface area contributed by atoms with Crippen molar-refractivity contribution in [3.63, 3.8) is 0 Å². The fourth-order valence-electron chi connectivity index (χ4n) is 0.777. The van der Waals surface area contributed by atoms with Crippen molar-refractivity contribution >= 4 is 0 Å². The van der Waals surface area contributed by atoms with Crippen molar-refractivity contribution in [3.05, 3.63) is 18.0 Å². The van der Waals surface area contributed by atoms with Gasteiger partial charge in [-0.05, 0) is 27.1 Å². The van der Waals surface area contributed by atoms with Gasteiger partial charge in [0.25, 0.3) is 0 Å². The third kappa shape index (κ3) is 1.36. The second kappa shape index (κ2) is 2.84. The molecule has 1 aromatic rings. The molecule has 3 heteroatoms. The van der Waals surface area contributed by atoms with Crippen molar-refractivity contribution in [2.75, 3.05) is 14.1 Å². The number of nitrogens with one attached hydrogen (secondary N) is 1. The molecule has 0 aromatic carbocycles. The summed E-state index contributed by atoms with van der Waals surface area (Å²) in [5.74, 6) is 0. The van der Waals surface area contributed by atoms with Gasteiger partial charge in [-0.15, -0.1) is 0 Å². The molecule has 0 bridgehead atoms. The monoisotopic (exact) mass is 139 g/mol. The van der Waals surface area contributed by atoms with Crippen LogP contribution in [0.1, 0.15) is 18.7 Å². The minimum Gasteiger partial charge on any atom is -0.301 e. The summed E-state index contributed by atoms with van der Waals surface area (Å²) < 4.78 is 0. The van der Waals surface area contributed by atoms with E-state index in [1.807, 2.05) is 20.2 Å². The molecular weight excluding hydrogens is 126 g/mol. The number of aromatic amines is 1. The van der Waals surface area contributed by atoms with Gasteiger partial charge in [-0.25, -0.2) is 0 Å². The Hall–Kier alpha value is -0.830. The second-order valence-corrected chi connectivity index (χ2v) is 2.65. The van der Waals surface area contributed by atoms with Gasteiger partial charge in [0.2, 0.25) is 0 Å². The number of aromatic nitrogens is 2. The summed E-state index contributed by atoms with van der Waals surface area (Å²) in [5.41, 5.74) is 1.16. The van der Waals surface area contributed by atoms with Gasteiger partial charge in [0, 0.05) is 12.2 Å². The van der Waals surface area contributed by atoms with Gasteiger partial charge in [0.1, 0.15) is 0 Å². The van der Waals surface area contributed by atoms with Gasteiger partial charge in [-0.2, -0.15) is 5.10 Å². The predicted octanol–water partition coefficient (Wildman–Crippen LogP) is 1.03. The van der Waals surface area contributed by atoms with Gasteiger partial charge in [-0.1, -0.05) is 0 Å². The molecule has 1 aromatic heterocycles. The fraction of sp³-hybridized carbons (Fsp3) is 0.571. The van der Waals surface area contributed by atoms with Gasteiger partial charge >= 0.3 is 0 Å². The Morgan fingerprint density at radius 3 is 2.70 bits per heavy atom. The Balaban J connectivity index is 2.68. The average molecular weight is 139 g/mol. The predicted molar refractivity (Wildman–Crippen MR) is 40.7 cm³/mol. The lowest BCUT2D eigenvalue weighted by molar-refractivity contribution is 0.315. The quantitative estimate of drug-likeness (QED) is 0.663. The summed E-state index contributed by atoms with van der Waals surface area (Å²) in [6.07, 6.45) is 1.77.